The molecule has 2 aromatic carbocycles. The van der Waals surface area contributed by atoms with Crippen LogP contribution in [0.4, 0.5) is 0 Å². The van der Waals surface area contributed by atoms with Crippen LogP contribution in [0.5, 0.6) is 23.0 Å². The fourth-order valence-electron chi connectivity index (χ4n) is 2.38. The maximum Gasteiger partial charge on any atom is 0.341 e. The summed E-state index contributed by atoms with van der Waals surface area (Å²) >= 11 is 0. The Morgan fingerprint density at radius 1 is 0.963 bits per heavy atom. The van der Waals surface area contributed by atoms with E-state index in [9.17, 15) is 9.59 Å². The summed E-state index contributed by atoms with van der Waals surface area (Å²) in [4.78, 5) is 23.0. The second-order valence-corrected chi connectivity index (χ2v) is 5.41. The number of nitrogens with one attached hydrogen (secondary N) is 1. The van der Waals surface area contributed by atoms with Gasteiger partial charge in [0.2, 0.25) is 0 Å². The Labute approximate surface area is 156 Å². The van der Waals surface area contributed by atoms with Crippen molar-refractivity contribution in [3.05, 3.63) is 47.5 Å². The van der Waals surface area contributed by atoms with Crippen LogP contribution in [-0.2, 0) is 11.3 Å². The summed E-state index contributed by atoms with van der Waals surface area (Å²) in [5, 5.41) is 11.4. The van der Waals surface area contributed by atoms with Crippen LogP contribution in [0.2, 0.25) is 0 Å². The highest BCUT2D eigenvalue weighted by molar-refractivity contribution is 5.94. The molecule has 0 aliphatic rings. The lowest BCUT2D eigenvalue weighted by molar-refractivity contribution is -0.139. The lowest BCUT2D eigenvalue weighted by Gasteiger charge is -2.14. The van der Waals surface area contributed by atoms with Gasteiger partial charge in [0, 0.05) is 23.7 Å². The summed E-state index contributed by atoms with van der Waals surface area (Å²) in [6, 6.07) is 9.68. The Morgan fingerprint density at radius 2 is 1.63 bits per heavy atom. The van der Waals surface area contributed by atoms with Gasteiger partial charge in [-0.25, -0.2) is 4.79 Å². The molecule has 8 heteroatoms. The van der Waals surface area contributed by atoms with E-state index in [4.69, 9.17) is 24.1 Å². The quantitative estimate of drug-likeness (QED) is 0.692. The highest BCUT2D eigenvalue weighted by atomic mass is 16.5. The Hall–Kier alpha value is -3.42. The molecule has 0 unspecified atom stereocenters. The van der Waals surface area contributed by atoms with Gasteiger partial charge in [0.1, 0.15) is 11.5 Å². The van der Waals surface area contributed by atoms with Gasteiger partial charge >= 0.3 is 5.97 Å². The van der Waals surface area contributed by atoms with Crippen molar-refractivity contribution in [3.63, 3.8) is 0 Å². The lowest BCUT2D eigenvalue weighted by atomic mass is 10.1. The van der Waals surface area contributed by atoms with Crippen LogP contribution in [0.25, 0.3) is 0 Å². The van der Waals surface area contributed by atoms with Gasteiger partial charge in [-0.1, -0.05) is 6.07 Å². The van der Waals surface area contributed by atoms with Gasteiger partial charge in [0.25, 0.3) is 5.91 Å². The number of methoxy groups -OCH3 is 3. The first-order valence-electron chi connectivity index (χ1n) is 8.00. The van der Waals surface area contributed by atoms with Crippen LogP contribution in [0, 0.1) is 0 Å². The molecule has 0 radical (unpaired) electrons. The number of benzene rings is 2. The molecule has 0 aromatic heterocycles. The molecule has 0 bridgehead atoms. The highest BCUT2D eigenvalue weighted by Crippen LogP contribution is 2.34. The monoisotopic (exact) mass is 375 g/mol. The van der Waals surface area contributed by atoms with Crippen molar-refractivity contribution in [2.45, 2.75) is 6.54 Å². The number of hydrogen-bond acceptors (Lipinski definition) is 6. The van der Waals surface area contributed by atoms with Crippen LogP contribution in [0.15, 0.2) is 36.4 Å². The molecule has 0 saturated heterocycles. The third-order valence-electron chi connectivity index (χ3n) is 3.68. The molecular formula is C19H21NO7. The Bertz CT molecular complexity index is 820. The molecule has 2 aromatic rings. The minimum absolute atomic E-state index is 0.197. The number of carboxylic acids is 1. The van der Waals surface area contributed by atoms with Gasteiger partial charge < -0.3 is 29.4 Å². The van der Waals surface area contributed by atoms with Crippen LogP contribution in [0.1, 0.15) is 15.9 Å². The molecule has 0 atom stereocenters. The van der Waals surface area contributed by atoms with Crippen molar-refractivity contribution < 1.29 is 33.6 Å². The Kier molecular flexibility index (Phi) is 6.87. The SMILES string of the molecule is COc1cc(OC)c(OC)cc1CNC(=O)c1cccc(OCC(=O)O)c1. The second-order valence-electron chi connectivity index (χ2n) is 5.41. The van der Waals surface area contributed by atoms with Gasteiger partial charge in [-0.15, -0.1) is 0 Å². The van der Waals surface area contributed by atoms with Gasteiger partial charge in [-0.3, -0.25) is 4.79 Å². The molecule has 0 heterocycles. The second kappa shape index (κ2) is 9.33. The van der Waals surface area contributed by atoms with Crippen molar-refractivity contribution in [3.8, 4) is 23.0 Å². The van der Waals surface area contributed by atoms with Crippen molar-refractivity contribution in [2.24, 2.45) is 0 Å². The lowest BCUT2D eigenvalue weighted by Crippen LogP contribution is -2.23. The molecule has 1 amide bonds. The third-order valence-corrected chi connectivity index (χ3v) is 3.68. The van der Waals surface area contributed by atoms with Gasteiger partial charge in [-0.2, -0.15) is 0 Å². The van der Waals surface area contributed by atoms with E-state index in [-0.39, 0.29) is 12.5 Å². The summed E-state index contributed by atoms with van der Waals surface area (Å²) in [6.07, 6.45) is 0. The zero-order valence-corrected chi connectivity index (χ0v) is 15.3. The molecule has 0 spiro atoms. The molecule has 144 valence electrons. The number of aliphatic carboxylic acids is 1. The normalized spacial score (nSPS) is 10.0. The summed E-state index contributed by atoms with van der Waals surface area (Å²) in [5.41, 5.74) is 1.05. The van der Waals surface area contributed by atoms with E-state index >= 15 is 0 Å². The molecule has 27 heavy (non-hydrogen) atoms. The van der Waals surface area contributed by atoms with E-state index in [2.05, 4.69) is 5.32 Å². The molecule has 2 rings (SSSR count). The van der Waals surface area contributed by atoms with Gasteiger partial charge in [-0.05, 0) is 24.3 Å². The fourth-order valence-corrected chi connectivity index (χ4v) is 2.38. The molecule has 0 saturated carbocycles. The zero-order chi connectivity index (χ0) is 19.8. The molecule has 0 aliphatic carbocycles. The molecule has 2 N–H and O–H groups in total. The largest absolute Gasteiger partial charge is 0.496 e. The first-order chi connectivity index (χ1) is 13.0. The van der Waals surface area contributed by atoms with Crippen LogP contribution < -0.4 is 24.3 Å². The Balaban J connectivity index is 2.11. The smallest absolute Gasteiger partial charge is 0.341 e. The van der Waals surface area contributed by atoms with Crippen LogP contribution >= 0.6 is 0 Å². The van der Waals surface area contributed by atoms with Crippen molar-refractivity contribution >= 4 is 11.9 Å². The van der Waals surface area contributed by atoms with E-state index in [0.29, 0.717) is 34.1 Å². The number of ether oxygens (including phenoxy) is 4. The highest BCUT2D eigenvalue weighted by Gasteiger charge is 2.14. The maximum atomic E-state index is 12.4. The number of carboxylic acid groups (broad SMARTS) is 1. The standard InChI is InChI=1S/C19H21NO7/c1-24-15-9-17(26-3)16(25-2)8-13(15)10-20-19(23)12-5-4-6-14(7-12)27-11-18(21)22/h4-9H,10-11H2,1-3H3,(H,20,23)(H,21,22). The van der Waals surface area contributed by atoms with Crippen molar-refractivity contribution in [1.29, 1.82) is 0 Å². The molecular weight excluding hydrogens is 354 g/mol. The summed E-state index contributed by atoms with van der Waals surface area (Å²) in [5.74, 6) is 0.456. The topological polar surface area (TPSA) is 103 Å². The number of rotatable bonds is 9. The van der Waals surface area contributed by atoms with Crippen LogP contribution in [0.3, 0.4) is 0 Å². The van der Waals surface area contributed by atoms with E-state index < -0.39 is 12.6 Å². The molecule has 0 aliphatic heterocycles. The fraction of sp³-hybridized carbons (Fsp3) is 0.263. The molecule has 0 fully saturated rings. The minimum atomic E-state index is -1.09. The number of hydrogen-bond donors (Lipinski definition) is 2. The minimum Gasteiger partial charge on any atom is -0.496 e. The number of amides is 1. The third kappa shape index (κ3) is 5.27. The Morgan fingerprint density at radius 3 is 2.26 bits per heavy atom. The van der Waals surface area contributed by atoms with Gasteiger partial charge in [0.15, 0.2) is 18.1 Å². The predicted octanol–water partition coefficient (Wildman–Crippen LogP) is 2.11. The summed E-state index contributed by atoms with van der Waals surface area (Å²) in [6.45, 7) is -0.281. The summed E-state index contributed by atoms with van der Waals surface area (Å²) in [7, 11) is 4.57. The first-order valence-corrected chi connectivity index (χ1v) is 8.00. The average molecular weight is 375 g/mol. The van der Waals surface area contributed by atoms with Crippen LogP contribution in [-0.4, -0.2) is 44.9 Å². The van der Waals surface area contributed by atoms with E-state index in [0.717, 1.165) is 0 Å². The predicted molar refractivity (Wildman–Crippen MR) is 96.8 cm³/mol. The van der Waals surface area contributed by atoms with Gasteiger partial charge in [0.05, 0.1) is 21.3 Å². The number of carbonyl (C=O) groups excluding carboxylic acids is 1. The van der Waals surface area contributed by atoms with Crippen molar-refractivity contribution in [1.82, 2.24) is 5.32 Å². The first kappa shape index (κ1) is 19.9. The van der Waals surface area contributed by atoms with Crippen molar-refractivity contribution in [2.75, 3.05) is 27.9 Å². The maximum absolute atomic E-state index is 12.4. The van der Waals surface area contributed by atoms with E-state index in [1.807, 2.05) is 0 Å². The summed E-state index contributed by atoms with van der Waals surface area (Å²) < 4.78 is 20.9. The number of carbonyl (C=O) groups is 2. The van der Waals surface area contributed by atoms with E-state index in [1.165, 1.54) is 27.4 Å². The molecule has 8 nitrogen and oxygen atoms in total. The van der Waals surface area contributed by atoms with E-state index in [1.54, 1.807) is 30.3 Å². The average Bonchev–Trinajstić information content (AvgIpc) is 2.69. The zero-order valence-electron chi connectivity index (χ0n) is 15.3.